The Labute approximate surface area is 82.4 Å². The molecule has 0 aromatic rings. The molecule has 14 heavy (non-hydrogen) atoms. The molecule has 0 spiro atoms. The predicted molar refractivity (Wildman–Crippen MR) is 49.4 cm³/mol. The Balaban J connectivity index is 4.11. The normalized spacial score (nSPS) is 13.1. The lowest BCUT2D eigenvalue weighted by atomic mass is 10.2. The summed E-state index contributed by atoms with van der Waals surface area (Å²) in [5.41, 5.74) is 4.24. The maximum absolute atomic E-state index is 11.1. The van der Waals surface area contributed by atoms with E-state index in [1.54, 1.807) is 20.8 Å². The van der Waals surface area contributed by atoms with Crippen LogP contribution < -0.4 is 11.1 Å². The van der Waals surface area contributed by atoms with Crippen molar-refractivity contribution in [2.24, 2.45) is 5.73 Å². The van der Waals surface area contributed by atoms with E-state index in [2.05, 4.69) is 5.32 Å². The number of hydrogen-bond acceptors (Lipinski definition) is 4. The first kappa shape index (κ1) is 12.7. The molecular formula is C8H16N2O4. The van der Waals surface area contributed by atoms with Gasteiger partial charge in [0.25, 0.3) is 0 Å². The number of nitrogens with one attached hydrogen (secondary N) is 1. The number of rotatable bonds is 3. The molecule has 0 aliphatic heterocycles. The van der Waals surface area contributed by atoms with Crippen LogP contribution >= 0.6 is 0 Å². The highest BCUT2D eigenvalue weighted by Crippen LogP contribution is 2.06. The third kappa shape index (κ3) is 5.36. The summed E-state index contributed by atoms with van der Waals surface area (Å²) in [6.07, 6.45) is -0.782. The average molecular weight is 204 g/mol. The number of nitrogens with two attached hydrogens (primary N) is 1. The van der Waals surface area contributed by atoms with Gasteiger partial charge in [0.1, 0.15) is 11.6 Å². The fourth-order valence-corrected chi connectivity index (χ4v) is 0.657. The van der Waals surface area contributed by atoms with Gasteiger partial charge in [-0.1, -0.05) is 0 Å². The van der Waals surface area contributed by atoms with Gasteiger partial charge in [-0.15, -0.1) is 0 Å². The number of hydrogen-bond donors (Lipinski definition) is 3. The lowest BCUT2D eigenvalue weighted by Crippen LogP contribution is -2.48. The van der Waals surface area contributed by atoms with Gasteiger partial charge in [0, 0.05) is 0 Å². The minimum atomic E-state index is -1.11. The van der Waals surface area contributed by atoms with Gasteiger partial charge in [0.15, 0.2) is 0 Å². The second-order valence-corrected chi connectivity index (χ2v) is 3.78. The summed E-state index contributed by atoms with van der Waals surface area (Å²) in [7, 11) is 0. The van der Waals surface area contributed by atoms with Gasteiger partial charge < -0.3 is 20.9 Å². The van der Waals surface area contributed by atoms with Crippen LogP contribution in [-0.2, 0) is 9.53 Å². The number of amides is 2. The molecular weight excluding hydrogens is 188 g/mol. The van der Waals surface area contributed by atoms with Crippen LogP contribution in [0.4, 0.5) is 4.79 Å². The molecule has 0 aliphatic carbocycles. The molecule has 6 nitrogen and oxygen atoms in total. The molecule has 0 aromatic heterocycles. The zero-order valence-electron chi connectivity index (χ0n) is 8.53. The molecule has 0 aromatic carbocycles. The SMILES string of the molecule is CC(C)(C)OC(=O)N[C@@H](CO)C(N)=O. The van der Waals surface area contributed by atoms with Crippen molar-refractivity contribution in [3.63, 3.8) is 0 Å². The van der Waals surface area contributed by atoms with Crippen molar-refractivity contribution in [2.75, 3.05) is 6.61 Å². The van der Waals surface area contributed by atoms with Crippen LogP contribution in [0.25, 0.3) is 0 Å². The molecule has 0 radical (unpaired) electrons. The van der Waals surface area contributed by atoms with E-state index in [0.29, 0.717) is 0 Å². The third-order valence-electron chi connectivity index (χ3n) is 1.22. The predicted octanol–water partition coefficient (Wildman–Crippen LogP) is -0.643. The van der Waals surface area contributed by atoms with Gasteiger partial charge in [-0.2, -0.15) is 0 Å². The first-order valence-electron chi connectivity index (χ1n) is 4.16. The van der Waals surface area contributed by atoms with Crippen LogP contribution in [0.15, 0.2) is 0 Å². The van der Waals surface area contributed by atoms with E-state index in [4.69, 9.17) is 15.6 Å². The van der Waals surface area contributed by atoms with Gasteiger partial charge in [-0.3, -0.25) is 4.79 Å². The molecule has 0 saturated heterocycles. The van der Waals surface area contributed by atoms with Crippen molar-refractivity contribution >= 4 is 12.0 Å². The third-order valence-corrected chi connectivity index (χ3v) is 1.22. The van der Waals surface area contributed by atoms with Crippen molar-refractivity contribution in [1.82, 2.24) is 5.32 Å². The number of primary amides is 1. The monoisotopic (exact) mass is 204 g/mol. The van der Waals surface area contributed by atoms with Crippen LogP contribution in [0.5, 0.6) is 0 Å². The van der Waals surface area contributed by atoms with Crippen LogP contribution in [0.3, 0.4) is 0 Å². The van der Waals surface area contributed by atoms with Gasteiger partial charge in [0.2, 0.25) is 5.91 Å². The summed E-state index contributed by atoms with van der Waals surface area (Å²) in [6.45, 7) is 4.51. The molecule has 0 aliphatic rings. The van der Waals surface area contributed by atoms with E-state index in [0.717, 1.165) is 0 Å². The summed E-state index contributed by atoms with van der Waals surface area (Å²) in [4.78, 5) is 21.7. The van der Waals surface area contributed by atoms with Gasteiger partial charge in [0.05, 0.1) is 6.61 Å². The van der Waals surface area contributed by atoms with E-state index in [1.165, 1.54) is 0 Å². The van der Waals surface area contributed by atoms with Crippen LogP contribution in [0.1, 0.15) is 20.8 Å². The summed E-state index contributed by atoms with van der Waals surface area (Å²) in [5.74, 6) is -0.807. The largest absolute Gasteiger partial charge is 0.444 e. The molecule has 0 rings (SSSR count). The number of aliphatic hydroxyl groups excluding tert-OH is 1. The van der Waals surface area contributed by atoms with E-state index >= 15 is 0 Å². The van der Waals surface area contributed by atoms with E-state index in [1.807, 2.05) is 0 Å². The molecule has 2 amide bonds. The molecule has 0 fully saturated rings. The number of ether oxygens (including phenoxy) is 1. The lowest BCUT2D eigenvalue weighted by molar-refractivity contribution is -0.120. The fraction of sp³-hybridized carbons (Fsp3) is 0.750. The van der Waals surface area contributed by atoms with E-state index in [9.17, 15) is 9.59 Å². The standard InChI is InChI=1S/C8H16N2O4/c1-8(2,3)14-7(13)10-5(4-11)6(9)12/h5,11H,4H2,1-3H3,(H2,9,12)(H,10,13)/t5-/m0/s1. The number of alkyl carbamates (subject to hydrolysis) is 1. The van der Waals surface area contributed by atoms with Crippen molar-refractivity contribution in [3.05, 3.63) is 0 Å². The van der Waals surface area contributed by atoms with Crippen LogP contribution in [0.2, 0.25) is 0 Å². The molecule has 82 valence electrons. The summed E-state index contributed by atoms with van der Waals surface area (Å²) >= 11 is 0. The van der Waals surface area contributed by atoms with Crippen molar-refractivity contribution in [3.8, 4) is 0 Å². The molecule has 0 unspecified atom stereocenters. The number of aliphatic hydroxyl groups is 1. The summed E-state index contributed by atoms with van der Waals surface area (Å²) in [6, 6.07) is -1.11. The first-order valence-corrected chi connectivity index (χ1v) is 4.16. The van der Waals surface area contributed by atoms with Crippen molar-refractivity contribution in [1.29, 1.82) is 0 Å². The van der Waals surface area contributed by atoms with Crippen LogP contribution in [0, 0.1) is 0 Å². The van der Waals surface area contributed by atoms with E-state index < -0.39 is 30.3 Å². The van der Waals surface area contributed by atoms with Gasteiger partial charge >= 0.3 is 6.09 Å². The zero-order chi connectivity index (χ0) is 11.4. The summed E-state index contributed by atoms with van der Waals surface area (Å²) in [5, 5.41) is 10.8. The molecule has 1 atom stereocenters. The smallest absolute Gasteiger partial charge is 0.408 e. The second-order valence-electron chi connectivity index (χ2n) is 3.78. The fourth-order valence-electron chi connectivity index (χ4n) is 0.657. The molecule has 0 heterocycles. The Morgan fingerprint density at radius 3 is 2.29 bits per heavy atom. The zero-order valence-corrected chi connectivity index (χ0v) is 8.53. The van der Waals surface area contributed by atoms with Gasteiger partial charge in [-0.05, 0) is 20.8 Å². The Morgan fingerprint density at radius 2 is 2.00 bits per heavy atom. The molecule has 0 bridgehead atoms. The minimum absolute atomic E-state index is 0.547. The highest BCUT2D eigenvalue weighted by Gasteiger charge is 2.21. The Morgan fingerprint density at radius 1 is 1.50 bits per heavy atom. The molecule has 6 heteroatoms. The Bertz CT molecular complexity index is 222. The summed E-state index contributed by atoms with van der Waals surface area (Å²) < 4.78 is 4.85. The molecule has 4 N–H and O–H groups in total. The Kier molecular flexibility index (Phi) is 4.36. The van der Waals surface area contributed by atoms with Gasteiger partial charge in [-0.25, -0.2) is 4.79 Å². The van der Waals surface area contributed by atoms with E-state index in [-0.39, 0.29) is 0 Å². The second kappa shape index (κ2) is 4.80. The maximum atomic E-state index is 11.1. The minimum Gasteiger partial charge on any atom is -0.444 e. The van der Waals surface area contributed by atoms with Crippen molar-refractivity contribution < 1.29 is 19.4 Å². The quantitative estimate of drug-likeness (QED) is 0.569. The van der Waals surface area contributed by atoms with Crippen molar-refractivity contribution in [2.45, 2.75) is 32.4 Å². The highest BCUT2D eigenvalue weighted by atomic mass is 16.6. The topological polar surface area (TPSA) is 102 Å². The van der Waals surface area contributed by atoms with Crippen LogP contribution in [-0.4, -0.2) is 35.4 Å². The lowest BCUT2D eigenvalue weighted by Gasteiger charge is -2.21. The average Bonchev–Trinajstić information content (AvgIpc) is 1.96. The first-order chi connectivity index (χ1) is 6.26. The highest BCUT2D eigenvalue weighted by molar-refractivity contribution is 5.84. The number of carbonyl (C=O) groups is 2. The Hall–Kier alpha value is -1.30. The molecule has 0 saturated carbocycles. The maximum Gasteiger partial charge on any atom is 0.408 e. The number of carbonyl (C=O) groups excluding carboxylic acids is 2.